The Morgan fingerprint density at radius 2 is 1.75 bits per heavy atom. The number of fused-ring (bicyclic) bond motifs is 1. The predicted octanol–water partition coefficient (Wildman–Crippen LogP) is 4.18. The van der Waals surface area contributed by atoms with Crippen molar-refractivity contribution in [2.24, 2.45) is 0 Å². The summed E-state index contributed by atoms with van der Waals surface area (Å²) in [5.74, 6) is 0.101. The summed E-state index contributed by atoms with van der Waals surface area (Å²) in [4.78, 5) is 13.8. The van der Waals surface area contributed by atoms with Gasteiger partial charge in [0.15, 0.2) is 0 Å². The molecular weight excluding hydrogens is 314 g/mol. The Morgan fingerprint density at radius 1 is 1.05 bits per heavy atom. The number of rotatable bonds is 3. The number of hydrogen-bond donors (Lipinski definition) is 0. The van der Waals surface area contributed by atoms with E-state index < -0.39 is 0 Å². The molecule has 2 aromatic rings. The first-order valence-corrected chi connectivity index (χ1v) is 7.45. The van der Waals surface area contributed by atoms with Gasteiger partial charge in [-0.3, -0.25) is 4.79 Å². The number of carbonyl (C=O) groups excluding carboxylic acids is 1. The fourth-order valence-corrected chi connectivity index (χ4v) is 3.02. The van der Waals surface area contributed by atoms with Crippen LogP contribution in [0.15, 0.2) is 60.7 Å². The summed E-state index contributed by atoms with van der Waals surface area (Å²) >= 11 is 3.46. The van der Waals surface area contributed by atoms with E-state index in [4.69, 9.17) is 0 Å². The molecule has 1 aliphatic rings. The molecule has 2 nitrogen and oxygen atoms in total. The summed E-state index contributed by atoms with van der Waals surface area (Å²) in [5, 5.41) is 0. The summed E-state index contributed by atoms with van der Waals surface area (Å²) in [5.41, 5.74) is 3.19. The van der Waals surface area contributed by atoms with Gasteiger partial charge in [-0.25, -0.2) is 0 Å². The first kappa shape index (κ1) is 13.1. The van der Waals surface area contributed by atoms with E-state index in [9.17, 15) is 4.79 Å². The smallest absolute Gasteiger partial charge is 0.245 e. The lowest BCUT2D eigenvalue weighted by atomic mass is 10.2. The largest absolute Gasteiger partial charge is 0.307 e. The molecule has 0 N–H and O–H groups in total. The zero-order chi connectivity index (χ0) is 13.9. The summed E-state index contributed by atoms with van der Waals surface area (Å²) in [6.07, 6.45) is 4.06. The molecule has 1 amide bonds. The van der Waals surface area contributed by atoms with Gasteiger partial charge in [-0.2, -0.15) is 0 Å². The van der Waals surface area contributed by atoms with E-state index >= 15 is 0 Å². The monoisotopic (exact) mass is 327 g/mol. The van der Waals surface area contributed by atoms with Crippen LogP contribution in [-0.2, 0) is 4.79 Å². The van der Waals surface area contributed by atoms with Gasteiger partial charge in [0, 0.05) is 12.2 Å². The number of hydrogen-bond acceptors (Lipinski definition) is 1. The fourth-order valence-electron chi connectivity index (χ4n) is 2.38. The second-order valence-corrected chi connectivity index (χ2v) is 5.60. The molecular formula is C17H14BrNO. The maximum atomic E-state index is 12.2. The van der Waals surface area contributed by atoms with Crippen molar-refractivity contribution in [3.05, 3.63) is 71.8 Å². The molecule has 1 unspecified atom stereocenters. The summed E-state index contributed by atoms with van der Waals surface area (Å²) in [7, 11) is 0. The van der Waals surface area contributed by atoms with Gasteiger partial charge in [0.05, 0.1) is 0 Å². The Bertz CT molecular complexity index is 651. The lowest BCUT2D eigenvalue weighted by Gasteiger charge is -2.14. The lowest BCUT2D eigenvalue weighted by Crippen LogP contribution is -2.27. The fraction of sp³-hybridized carbons (Fsp3) is 0.118. The van der Waals surface area contributed by atoms with Crippen LogP contribution in [0.1, 0.15) is 16.0 Å². The molecule has 3 heteroatoms. The molecule has 0 saturated carbocycles. The van der Waals surface area contributed by atoms with Crippen molar-refractivity contribution in [2.45, 2.75) is 4.83 Å². The van der Waals surface area contributed by atoms with Crippen molar-refractivity contribution in [2.75, 3.05) is 11.4 Å². The summed E-state index contributed by atoms with van der Waals surface area (Å²) in [6, 6.07) is 18.0. The Kier molecular flexibility index (Phi) is 3.70. The zero-order valence-electron chi connectivity index (χ0n) is 10.9. The average Bonchev–Trinajstić information content (AvgIpc) is 2.74. The molecule has 1 heterocycles. The normalized spacial score (nSPS) is 17.8. The molecule has 2 aromatic carbocycles. The van der Waals surface area contributed by atoms with Crippen LogP contribution in [-0.4, -0.2) is 12.5 Å². The van der Waals surface area contributed by atoms with Crippen molar-refractivity contribution >= 4 is 33.6 Å². The van der Waals surface area contributed by atoms with Gasteiger partial charge in [0.1, 0.15) is 4.83 Å². The molecule has 20 heavy (non-hydrogen) atoms. The summed E-state index contributed by atoms with van der Waals surface area (Å²) < 4.78 is 0. The minimum atomic E-state index is -0.219. The number of halogens is 1. The average molecular weight is 328 g/mol. The van der Waals surface area contributed by atoms with Gasteiger partial charge in [0.2, 0.25) is 5.91 Å². The highest BCUT2D eigenvalue weighted by Crippen LogP contribution is 2.40. The quantitative estimate of drug-likeness (QED) is 0.774. The molecule has 100 valence electrons. The molecule has 0 fully saturated rings. The molecule has 3 rings (SSSR count). The van der Waals surface area contributed by atoms with Gasteiger partial charge in [-0.05, 0) is 17.2 Å². The zero-order valence-corrected chi connectivity index (χ0v) is 12.5. The van der Waals surface area contributed by atoms with Crippen LogP contribution in [0.5, 0.6) is 0 Å². The molecule has 0 saturated heterocycles. The van der Waals surface area contributed by atoms with E-state index in [0.717, 1.165) is 16.8 Å². The van der Waals surface area contributed by atoms with Crippen LogP contribution < -0.4 is 4.90 Å². The minimum Gasteiger partial charge on any atom is -0.307 e. The third kappa shape index (κ3) is 2.41. The molecule has 1 atom stereocenters. The number of anilines is 1. The second kappa shape index (κ2) is 5.63. The van der Waals surface area contributed by atoms with Crippen LogP contribution in [0.2, 0.25) is 0 Å². The standard InChI is InChI=1S/C17H14BrNO/c18-16-14-10-4-5-11-15(14)19(17(16)20)12-6-9-13-7-2-1-3-8-13/h1-11,16H,12H2. The van der Waals surface area contributed by atoms with Gasteiger partial charge < -0.3 is 4.90 Å². The Labute approximate surface area is 126 Å². The highest BCUT2D eigenvalue weighted by Gasteiger charge is 2.34. The van der Waals surface area contributed by atoms with Crippen LogP contribution in [0, 0.1) is 0 Å². The predicted molar refractivity (Wildman–Crippen MR) is 85.9 cm³/mol. The van der Waals surface area contributed by atoms with E-state index in [0.29, 0.717) is 6.54 Å². The number of nitrogens with zero attached hydrogens (tertiary/aromatic N) is 1. The molecule has 1 aliphatic heterocycles. The number of para-hydroxylation sites is 1. The van der Waals surface area contributed by atoms with E-state index in [1.165, 1.54) is 0 Å². The summed E-state index contributed by atoms with van der Waals surface area (Å²) in [6.45, 7) is 0.590. The van der Waals surface area contributed by atoms with E-state index in [1.54, 1.807) is 0 Å². The second-order valence-electron chi connectivity index (χ2n) is 4.68. The number of benzene rings is 2. The molecule has 0 radical (unpaired) electrons. The number of alkyl halides is 1. The topological polar surface area (TPSA) is 20.3 Å². The SMILES string of the molecule is O=C1C(Br)c2ccccc2N1CC=Cc1ccccc1. The van der Waals surface area contributed by atoms with Crippen molar-refractivity contribution in [3.8, 4) is 0 Å². The number of carbonyl (C=O) groups is 1. The third-order valence-electron chi connectivity index (χ3n) is 3.38. The van der Waals surface area contributed by atoms with Gasteiger partial charge in [-0.1, -0.05) is 76.6 Å². The van der Waals surface area contributed by atoms with Crippen LogP contribution in [0.3, 0.4) is 0 Å². The molecule has 0 bridgehead atoms. The Hall–Kier alpha value is -1.87. The van der Waals surface area contributed by atoms with Crippen LogP contribution in [0.4, 0.5) is 5.69 Å². The molecule has 0 aromatic heterocycles. The van der Waals surface area contributed by atoms with Crippen molar-refractivity contribution in [3.63, 3.8) is 0 Å². The van der Waals surface area contributed by atoms with E-state index in [-0.39, 0.29) is 10.7 Å². The van der Waals surface area contributed by atoms with Gasteiger partial charge in [-0.15, -0.1) is 0 Å². The Morgan fingerprint density at radius 3 is 2.55 bits per heavy atom. The van der Waals surface area contributed by atoms with Crippen LogP contribution >= 0.6 is 15.9 Å². The minimum absolute atomic E-state index is 0.101. The third-order valence-corrected chi connectivity index (χ3v) is 4.27. The molecule has 0 spiro atoms. The van der Waals surface area contributed by atoms with Crippen molar-refractivity contribution < 1.29 is 4.79 Å². The maximum absolute atomic E-state index is 12.2. The van der Waals surface area contributed by atoms with Gasteiger partial charge in [0.25, 0.3) is 0 Å². The van der Waals surface area contributed by atoms with Crippen molar-refractivity contribution in [1.29, 1.82) is 0 Å². The maximum Gasteiger partial charge on any atom is 0.245 e. The first-order chi connectivity index (χ1) is 9.77. The first-order valence-electron chi connectivity index (χ1n) is 6.53. The number of amides is 1. The van der Waals surface area contributed by atoms with E-state index in [2.05, 4.69) is 15.9 Å². The lowest BCUT2D eigenvalue weighted by molar-refractivity contribution is -0.117. The van der Waals surface area contributed by atoms with Gasteiger partial charge >= 0.3 is 0 Å². The Balaban J connectivity index is 1.78. The van der Waals surface area contributed by atoms with Crippen LogP contribution in [0.25, 0.3) is 6.08 Å². The van der Waals surface area contributed by atoms with Crippen molar-refractivity contribution in [1.82, 2.24) is 0 Å². The molecule has 0 aliphatic carbocycles. The highest BCUT2D eigenvalue weighted by atomic mass is 79.9. The highest BCUT2D eigenvalue weighted by molar-refractivity contribution is 9.09. The van der Waals surface area contributed by atoms with E-state index in [1.807, 2.05) is 71.6 Å².